The Morgan fingerprint density at radius 3 is 2.36 bits per heavy atom. The predicted molar refractivity (Wildman–Crippen MR) is 82.6 cm³/mol. The predicted octanol–water partition coefficient (Wildman–Crippen LogP) is 2.19. The van der Waals surface area contributed by atoms with Crippen LogP contribution in [0, 0.1) is 0 Å². The van der Waals surface area contributed by atoms with Gasteiger partial charge in [0.1, 0.15) is 0 Å². The number of carbonyl (C=O) groups is 2. The lowest BCUT2D eigenvalue weighted by atomic mass is 10.3. The van der Waals surface area contributed by atoms with Crippen LogP contribution in [0.2, 0.25) is 0 Å². The number of ether oxygens (including phenoxy) is 2. The zero-order valence-corrected chi connectivity index (χ0v) is 12.5. The fraction of sp³-hybridized carbons (Fsp3) is 0.250. The Morgan fingerprint density at radius 2 is 1.73 bits per heavy atom. The monoisotopic (exact) mass is 302 g/mol. The molecule has 0 radical (unpaired) electrons. The molecule has 6 heteroatoms. The third-order valence-electron chi connectivity index (χ3n) is 2.94. The summed E-state index contributed by atoms with van der Waals surface area (Å²) in [6.07, 6.45) is 3.09. The number of nitrogens with zero attached hydrogens (tertiary/aromatic N) is 1. The first-order valence-electron chi connectivity index (χ1n) is 7.04. The summed E-state index contributed by atoms with van der Waals surface area (Å²) in [6, 6.07) is 9.65. The van der Waals surface area contributed by atoms with Crippen molar-refractivity contribution in [3.8, 4) is 0 Å². The van der Waals surface area contributed by atoms with Gasteiger partial charge in [-0.25, -0.2) is 9.59 Å². The van der Waals surface area contributed by atoms with Crippen LogP contribution in [0.5, 0.6) is 0 Å². The zero-order chi connectivity index (χ0) is 15.9. The Labute approximate surface area is 128 Å². The molecule has 0 fully saturated rings. The van der Waals surface area contributed by atoms with Crippen molar-refractivity contribution >= 4 is 22.8 Å². The molecular weight excluding hydrogens is 284 g/mol. The van der Waals surface area contributed by atoms with E-state index in [0.29, 0.717) is 0 Å². The molecule has 0 saturated carbocycles. The molecule has 0 atom stereocenters. The highest BCUT2D eigenvalue weighted by Gasteiger charge is 2.21. The Morgan fingerprint density at radius 1 is 1.09 bits per heavy atom. The molecule has 0 saturated heterocycles. The SMILES string of the molecule is CCOC(=O)C(=CNn1ccc2ccccc21)C(=O)OCC. The first-order valence-corrected chi connectivity index (χ1v) is 7.04. The van der Waals surface area contributed by atoms with Gasteiger partial charge in [0.05, 0.1) is 18.7 Å². The number of hydrogen-bond donors (Lipinski definition) is 1. The van der Waals surface area contributed by atoms with E-state index in [0.717, 1.165) is 10.9 Å². The van der Waals surface area contributed by atoms with E-state index in [2.05, 4.69) is 5.43 Å². The van der Waals surface area contributed by atoms with Gasteiger partial charge in [-0.1, -0.05) is 18.2 Å². The number of para-hydroxylation sites is 1. The van der Waals surface area contributed by atoms with Gasteiger partial charge in [0, 0.05) is 17.8 Å². The summed E-state index contributed by atoms with van der Waals surface area (Å²) < 4.78 is 11.4. The Balaban J connectivity index is 2.25. The van der Waals surface area contributed by atoms with Gasteiger partial charge >= 0.3 is 11.9 Å². The van der Waals surface area contributed by atoms with E-state index in [4.69, 9.17) is 9.47 Å². The highest BCUT2D eigenvalue weighted by atomic mass is 16.6. The minimum Gasteiger partial charge on any atom is -0.462 e. The molecule has 0 bridgehead atoms. The second-order valence-corrected chi connectivity index (χ2v) is 4.37. The second-order valence-electron chi connectivity index (χ2n) is 4.37. The van der Waals surface area contributed by atoms with Crippen molar-refractivity contribution in [2.24, 2.45) is 0 Å². The van der Waals surface area contributed by atoms with Gasteiger partial charge in [-0.05, 0) is 26.0 Å². The summed E-state index contributed by atoms with van der Waals surface area (Å²) in [5.41, 5.74) is 3.64. The van der Waals surface area contributed by atoms with Crippen LogP contribution in [0.15, 0.2) is 48.3 Å². The minimum atomic E-state index is -0.718. The Bertz CT molecular complexity index is 683. The quantitative estimate of drug-likeness (QED) is 0.383. The fourth-order valence-corrected chi connectivity index (χ4v) is 1.95. The standard InChI is InChI=1S/C16H18N2O4/c1-3-21-15(19)13(16(20)22-4-2)11-17-18-10-9-12-7-5-6-8-14(12)18/h5-11,17H,3-4H2,1-2H3. The molecule has 0 aliphatic rings. The summed E-state index contributed by atoms with van der Waals surface area (Å²) in [5.74, 6) is -1.44. The lowest BCUT2D eigenvalue weighted by Gasteiger charge is -2.09. The van der Waals surface area contributed by atoms with Gasteiger partial charge in [-0.3, -0.25) is 4.68 Å². The smallest absolute Gasteiger partial charge is 0.347 e. The van der Waals surface area contributed by atoms with Crippen LogP contribution in [0.4, 0.5) is 0 Å². The molecule has 22 heavy (non-hydrogen) atoms. The van der Waals surface area contributed by atoms with Crippen molar-refractivity contribution in [1.82, 2.24) is 4.68 Å². The van der Waals surface area contributed by atoms with Gasteiger partial charge in [0.2, 0.25) is 0 Å². The van der Waals surface area contributed by atoms with Crippen LogP contribution in [0.25, 0.3) is 10.9 Å². The van der Waals surface area contributed by atoms with Crippen LogP contribution >= 0.6 is 0 Å². The van der Waals surface area contributed by atoms with Gasteiger partial charge in [0.15, 0.2) is 5.57 Å². The number of nitrogens with one attached hydrogen (secondary N) is 1. The summed E-state index contributed by atoms with van der Waals surface area (Å²) in [6.45, 7) is 3.71. The molecule has 0 unspecified atom stereocenters. The van der Waals surface area contributed by atoms with Crippen molar-refractivity contribution in [1.29, 1.82) is 0 Å². The first kappa shape index (κ1) is 15.6. The van der Waals surface area contributed by atoms with E-state index in [9.17, 15) is 9.59 Å². The van der Waals surface area contributed by atoms with Crippen molar-refractivity contribution in [3.05, 3.63) is 48.3 Å². The molecule has 0 aliphatic heterocycles. The first-order chi connectivity index (χ1) is 10.7. The van der Waals surface area contributed by atoms with E-state index in [1.165, 1.54) is 6.20 Å². The second kappa shape index (κ2) is 7.31. The van der Waals surface area contributed by atoms with Gasteiger partial charge in [-0.2, -0.15) is 0 Å². The Kier molecular flexibility index (Phi) is 5.19. The molecule has 2 rings (SSSR count). The van der Waals surface area contributed by atoms with E-state index in [1.54, 1.807) is 24.7 Å². The lowest BCUT2D eigenvalue weighted by Crippen LogP contribution is -2.21. The fourth-order valence-electron chi connectivity index (χ4n) is 1.95. The van der Waals surface area contributed by atoms with E-state index in [-0.39, 0.29) is 18.8 Å². The van der Waals surface area contributed by atoms with Crippen LogP contribution in [-0.2, 0) is 19.1 Å². The maximum atomic E-state index is 11.8. The largest absolute Gasteiger partial charge is 0.462 e. The van der Waals surface area contributed by atoms with Crippen LogP contribution < -0.4 is 5.43 Å². The number of aromatic nitrogens is 1. The lowest BCUT2D eigenvalue weighted by molar-refractivity contribution is -0.146. The van der Waals surface area contributed by atoms with Crippen LogP contribution in [0.1, 0.15) is 13.8 Å². The topological polar surface area (TPSA) is 69.6 Å². The molecule has 116 valence electrons. The zero-order valence-electron chi connectivity index (χ0n) is 12.5. The van der Waals surface area contributed by atoms with Gasteiger partial charge < -0.3 is 14.9 Å². The normalized spacial score (nSPS) is 10.1. The van der Waals surface area contributed by atoms with Crippen LogP contribution in [0.3, 0.4) is 0 Å². The molecule has 0 spiro atoms. The number of rotatable bonds is 6. The van der Waals surface area contributed by atoms with Gasteiger partial charge in [0.25, 0.3) is 0 Å². The summed E-state index contributed by atoms with van der Waals surface area (Å²) in [5, 5.41) is 1.04. The molecule has 2 aromatic rings. The third kappa shape index (κ3) is 3.46. The van der Waals surface area contributed by atoms with Crippen molar-refractivity contribution in [2.45, 2.75) is 13.8 Å². The summed E-state index contributed by atoms with van der Waals surface area (Å²) in [7, 11) is 0. The third-order valence-corrected chi connectivity index (χ3v) is 2.94. The van der Waals surface area contributed by atoms with Crippen molar-refractivity contribution in [2.75, 3.05) is 18.6 Å². The number of hydrogen-bond acceptors (Lipinski definition) is 5. The number of esters is 2. The van der Waals surface area contributed by atoms with E-state index >= 15 is 0 Å². The molecule has 0 amide bonds. The summed E-state index contributed by atoms with van der Waals surface area (Å²) in [4.78, 5) is 23.7. The minimum absolute atomic E-state index is 0.179. The molecular formula is C16H18N2O4. The maximum absolute atomic E-state index is 11.8. The molecule has 0 aliphatic carbocycles. The molecule has 6 nitrogen and oxygen atoms in total. The number of carbonyl (C=O) groups excluding carboxylic acids is 2. The number of fused-ring (bicyclic) bond motifs is 1. The van der Waals surface area contributed by atoms with E-state index in [1.807, 2.05) is 30.3 Å². The number of benzene rings is 1. The highest BCUT2D eigenvalue weighted by molar-refractivity contribution is 6.14. The van der Waals surface area contributed by atoms with E-state index < -0.39 is 11.9 Å². The highest BCUT2D eigenvalue weighted by Crippen LogP contribution is 2.13. The molecule has 1 heterocycles. The average molecular weight is 302 g/mol. The average Bonchev–Trinajstić information content (AvgIpc) is 2.91. The van der Waals surface area contributed by atoms with Crippen LogP contribution in [-0.4, -0.2) is 29.8 Å². The van der Waals surface area contributed by atoms with Crippen molar-refractivity contribution in [3.63, 3.8) is 0 Å². The van der Waals surface area contributed by atoms with Crippen molar-refractivity contribution < 1.29 is 19.1 Å². The molecule has 1 aromatic heterocycles. The summed E-state index contributed by atoms with van der Waals surface area (Å²) >= 11 is 0. The van der Waals surface area contributed by atoms with Gasteiger partial charge in [-0.15, -0.1) is 0 Å². The maximum Gasteiger partial charge on any atom is 0.347 e. The molecule has 1 aromatic carbocycles. The molecule has 1 N–H and O–H groups in total. The Hall–Kier alpha value is -2.76.